The Morgan fingerprint density at radius 1 is 0.269 bits per heavy atom. The minimum absolute atomic E-state index is 0.0451. The Hall–Kier alpha value is -6.10. The molecule has 0 fully saturated rings. The average molecular weight is 1490 g/mol. The summed E-state index contributed by atoms with van der Waals surface area (Å²) < 4.78 is 68.4. The number of hydrogen-bond acceptors (Lipinski definition) is 15. The van der Waals surface area contributed by atoms with Crippen molar-refractivity contribution < 1.29 is 80.2 Å². The first-order valence-electron chi connectivity index (χ1n) is 38.7. The van der Waals surface area contributed by atoms with Gasteiger partial charge >= 0.3 is 39.5 Å². The summed E-state index contributed by atoms with van der Waals surface area (Å²) in [6.45, 7) is 4.22. The standard InChI is InChI=1S/C85H134O17P2/c1-5-9-13-17-21-25-29-33-37-39-43-46-50-54-58-62-66-70-83(88)96-76-81(102-85(90)72-68-64-60-56-52-48-44-40-38-34-30-26-22-18-14-10-6-2)78-100-104(93,94)98-74-79(86)73-97-103(91,92)99-77-80(101-84(89)71-67-63-59-55-51-47-42-36-32-28-24-20-16-12-8-4)75-95-82(87)69-65-61-57-53-49-45-41-35-31-27-23-19-15-11-7-3/h9-16,21-28,33-38,41-44,46,48-49,53-54,58,79-81,86H,5-8,17-20,29-32,39-40,45,47,50-52,55-57,59-78H2,1-4H3,(H,91,92)(H,93,94)/b13-9-,14-10-,15-11-,16-12-,25-21-,26-22-,27-23-,28-24-,37-33-,38-34-,41-35-,42-36-,46-43-,48-44-,53-49-,58-54-. The van der Waals surface area contributed by atoms with Gasteiger partial charge in [0.05, 0.1) is 26.4 Å². The summed E-state index contributed by atoms with van der Waals surface area (Å²) in [4.78, 5) is 73.0. The Labute approximate surface area is 627 Å². The number of rotatable bonds is 70. The van der Waals surface area contributed by atoms with Crippen LogP contribution < -0.4 is 0 Å². The molecule has 0 saturated carbocycles. The predicted octanol–water partition coefficient (Wildman–Crippen LogP) is 22.5. The lowest BCUT2D eigenvalue weighted by Crippen LogP contribution is -2.30. The lowest BCUT2D eigenvalue weighted by atomic mass is 10.1. The number of unbranched alkanes of at least 4 members (excludes halogenated alkanes) is 12. The van der Waals surface area contributed by atoms with Crippen LogP contribution in [0.4, 0.5) is 0 Å². The molecule has 17 nitrogen and oxygen atoms in total. The summed E-state index contributed by atoms with van der Waals surface area (Å²) in [5.74, 6) is -2.36. The lowest BCUT2D eigenvalue weighted by molar-refractivity contribution is -0.161. The molecule has 0 aromatic heterocycles. The van der Waals surface area contributed by atoms with Gasteiger partial charge in [-0.05, 0) is 173 Å². The molecule has 0 aliphatic carbocycles. The molecule has 5 atom stereocenters. The highest BCUT2D eigenvalue weighted by molar-refractivity contribution is 7.47. The second kappa shape index (κ2) is 75.1. The van der Waals surface area contributed by atoms with Crippen molar-refractivity contribution in [3.05, 3.63) is 194 Å². The topological polar surface area (TPSA) is 237 Å². The third kappa shape index (κ3) is 74.2. The fourth-order valence-corrected chi connectivity index (χ4v) is 10.9. The molecule has 5 unspecified atom stereocenters. The number of aliphatic hydroxyl groups excluding tert-OH is 1. The van der Waals surface area contributed by atoms with Gasteiger partial charge in [-0.25, -0.2) is 9.13 Å². The number of esters is 4. The van der Waals surface area contributed by atoms with Crippen LogP contribution in [0.25, 0.3) is 0 Å². The zero-order chi connectivity index (χ0) is 76.0. The monoisotopic (exact) mass is 1490 g/mol. The van der Waals surface area contributed by atoms with E-state index in [1.54, 1.807) is 0 Å². The summed E-state index contributed by atoms with van der Waals surface area (Å²) in [5.41, 5.74) is 0. The summed E-state index contributed by atoms with van der Waals surface area (Å²) in [6, 6.07) is 0. The third-order valence-corrected chi connectivity index (χ3v) is 16.9. The molecule has 0 amide bonds. The van der Waals surface area contributed by atoms with Crippen LogP contribution in [-0.2, 0) is 65.4 Å². The number of carbonyl (C=O) groups excluding carboxylic acids is 4. The largest absolute Gasteiger partial charge is 0.472 e. The highest BCUT2D eigenvalue weighted by Crippen LogP contribution is 2.45. The lowest BCUT2D eigenvalue weighted by Gasteiger charge is -2.21. The van der Waals surface area contributed by atoms with Gasteiger partial charge in [0.2, 0.25) is 0 Å². The Kier molecular flexibility index (Phi) is 70.7. The fourth-order valence-electron chi connectivity index (χ4n) is 9.31. The van der Waals surface area contributed by atoms with E-state index in [0.717, 1.165) is 173 Å². The number of phosphoric acid groups is 2. The van der Waals surface area contributed by atoms with Crippen LogP contribution in [0.1, 0.15) is 259 Å². The summed E-state index contributed by atoms with van der Waals surface area (Å²) in [5, 5.41) is 10.6. The summed E-state index contributed by atoms with van der Waals surface area (Å²) in [7, 11) is -10.0. The van der Waals surface area contributed by atoms with Crippen molar-refractivity contribution in [3.63, 3.8) is 0 Å². The second-order valence-corrected chi connectivity index (χ2v) is 27.7. The highest BCUT2D eigenvalue weighted by Gasteiger charge is 2.30. The first-order valence-corrected chi connectivity index (χ1v) is 41.7. The van der Waals surface area contributed by atoms with E-state index in [0.29, 0.717) is 32.1 Å². The molecule has 586 valence electrons. The maximum Gasteiger partial charge on any atom is 0.472 e. The molecular weight excluding hydrogens is 1350 g/mol. The zero-order valence-corrected chi connectivity index (χ0v) is 65.6. The van der Waals surface area contributed by atoms with E-state index in [1.165, 1.54) is 0 Å². The van der Waals surface area contributed by atoms with Gasteiger partial charge in [0.1, 0.15) is 19.3 Å². The van der Waals surface area contributed by atoms with Crippen molar-refractivity contribution in [1.29, 1.82) is 0 Å². The molecule has 0 saturated heterocycles. The number of carbonyl (C=O) groups is 4. The third-order valence-electron chi connectivity index (χ3n) is 15.0. The Balaban J connectivity index is 5.52. The van der Waals surface area contributed by atoms with E-state index in [4.69, 9.17) is 37.0 Å². The van der Waals surface area contributed by atoms with Crippen LogP contribution in [0, 0.1) is 0 Å². The van der Waals surface area contributed by atoms with Crippen molar-refractivity contribution >= 4 is 39.5 Å². The van der Waals surface area contributed by atoms with E-state index in [-0.39, 0.29) is 25.7 Å². The van der Waals surface area contributed by atoms with Crippen molar-refractivity contribution in [1.82, 2.24) is 0 Å². The second-order valence-electron chi connectivity index (χ2n) is 24.8. The average Bonchev–Trinajstić information content (AvgIpc) is 0.926. The number of aliphatic hydroxyl groups is 1. The zero-order valence-electron chi connectivity index (χ0n) is 63.9. The van der Waals surface area contributed by atoms with Crippen LogP contribution in [0.3, 0.4) is 0 Å². The van der Waals surface area contributed by atoms with E-state index in [9.17, 15) is 43.2 Å². The molecule has 0 aromatic carbocycles. The molecule has 0 aromatic rings. The Morgan fingerprint density at radius 3 is 0.779 bits per heavy atom. The number of allylic oxidation sites excluding steroid dienone is 32. The molecule has 0 aliphatic heterocycles. The number of phosphoric ester groups is 2. The van der Waals surface area contributed by atoms with Crippen LogP contribution in [0.5, 0.6) is 0 Å². The SMILES string of the molecule is CC/C=C\C/C=C\C/C=C\C/C=C\C/C=C\CCCC(=O)OCC(COP(=O)(O)OCC(O)COP(=O)(O)OCC(COC(=O)CCCC/C=C\C/C=C\C/C=C\C/C=C\CC)OC(=O)CCCCCCC/C=C\C/C=C\C/C=C\CC)OC(=O)CCCCCC/C=C\C/C=C\C/C=C\C/C=C\CC. The van der Waals surface area contributed by atoms with Gasteiger partial charge in [0.25, 0.3) is 0 Å². The van der Waals surface area contributed by atoms with E-state index in [2.05, 4.69) is 210 Å². The summed E-state index contributed by atoms with van der Waals surface area (Å²) in [6.07, 6.45) is 91.4. The van der Waals surface area contributed by atoms with E-state index < -0.39 is 97.5 Å². The smallest absolute Gasteiger partial charge is 0.462 e. The maximum atomic E-state index is 13.1. The van der Waals surface area contributed by atoms with Gasteiger partial charge in [-0.15, -0.1) is 0 Å². The van der Waals surface area contributed by atoms with Crippen LogP contribution >= 0.6 is 15.6 Å². The van der Waals surface area contributed by atoms with Gasteiger partial charge < -0.3 is 33.8 Å². The molecule has 104 heavy (non-hydrogen) atoms. The molecule has 0 radical (unpaired) electrons. The molecule has 0 heterocycles. The normalized spacial score (nSPS) is 15.0. The fraction of sp³-hybridized carbons (Fsp3) is 0.576. The van der Waals surface area contributed by atoms with Gasteiger partial charge in [-0.2, -0.15) is 0 Å². The molecule has 0 rings (SSSR count). The van der Waals surface area contributed by atoms with Gasteiger partial charge in [-0.3, -0.25) is 37.3 Å². The predicted molar refractivity (Wildman–Crippen MR) is 426 cm³/mol. The van der Waals surface area contributed by atoms with E-state index in [1.807, 2.05) is 12.2 Å². The molecule has 0 aliphatic rings. The number of ether oxygens (including phenoxy) is 4. The molecule has 19 heteroatoms. The van der Waals surface area contributed by atoms with Crippen molar-refractivity contribution in [2.45, 2.75) is 277 Å². The minimum atomic E-state index is -5.01. The first-order chi connectivity index (χ1) is 50.7. The first kappa shape index (κ1) is 97.9. The highest BCUT2D eigenvalue weighted by atomic mass is 31.2. The van der Waals surface area contributed by atoms with Crippen LogP contribution in [-0.4, -0.2) is 96.7 Å². The van der Waals surface area contributed by atoms with Crippen molar-refractivity contribution in [2.75, 3.05) is 39.6 Å². The van der Waals surface area contributed by atoms with Crippen molar-refractivity contribution in [2.24, 2.45) is 0 Å². The molecule has 0 bridgehead atoms. The maximum absolute atomic E-state index is 13.1. The molecule has 0 spiro atoms. The van der Waals surface area contributed by atoms with Gasteiger partial charge in [-0.1, -0.05) is 254 Å². The Morgan fingerprint density at radius 2 is 0.481 bits per heavy atom. The van der Waals surface area contributed by atoms with Crippen molar-refractivity contribution in [3.8, 4) is 0 Å². The number of hydrogen-bond donors (Lipinski definition) is 3. The Bertz CT molecular complexity index is 2740. The van der Waals surface area contributed by atoms with Gasteiger partial charge in [0.15, 0.2) is 12.2 Å². The van der Waals surface area contributed by atoms with Crippen LogP contribution in [0.15, 0.2) is 194 Å². The van der Waals surface area contributed by atoms with Gasteiger partial charge in [0, 0.05) is 25.7 Å². The summed E-state index contributed by atoms with van der Waals surface area (Å²) >= 11 is 0. The minimum Gasteiger partial charge on any atom is -0.462 e. The molecule has 3 N–H and O–H groups in total. The quantitative estimate of drug-likeness (QED) is 0.0169. The van der Waals surface area contributed by atoms with Crippen LogP contribution in [0.2, 0.25) is 0 Å². The van der Waals surface area contributed by atoms with E-state index >= 15 is 0 Å². The molecular formula is C85H134O17P2.